The molecule has 2 N–H and O–H groups in total. The molecule has 0 spiro atoms. The molecule has 1 aromatic carbocycles. The van der Waals surface area contributed by atoms with Gasteiger partial charge in [-0.1, -0.05) is 6.07 Å². The van der Waals surface area contributed by atoms with Crippen molar-refractivity contribution in [2.45, 2.75) is 43.2 Å². The van der Waals surface area contributed by atoms with E-state index >= 15 is 0 Å². The van der Waals surface area contributed by atoms with E-state index < -0.39 is 15.6 Å². The maximum absolute atomic E-state index is 13.1. The predicted molar refractivity (Wildman–Crippen MR) is 139 cm³/mol. The van der Waals surface area contributed by atoms with Crippen LogP contribution in [0.3, 0.4) is 0 Å². The zero-order valence-corrected chi connectivity index (χ0v) is 21.8. The second kappa shape index (κ2) is 9.62. The fraction of sp³-hybridized carbons (Fsp3) is 0.520. The summed E-state index contributed by atoms with van der Waals surface area (Å²) in [5.74, 6) is 1.27. The maximum atomic E-state index is 13.1. The molecule has 0 bridgehead atoms. The monoisotopic (exact) mass is 514 g/mol. The van der Waals surface area contributed by atoms with Crippen LogP contribution in [0, 0.1) is 0 Å². The highest BCUT2D eigenvalue weighted by Crippen LogP contribution is 2.40. The Morgan fingerprint density at radius 2 is 1.81 bits per heavy atom. The van der Waals surface area contributed by atoms with Gasteiger partial charge >= 0.3 is 0 Å². The van der Waals surface area contributed by atoms with E-state index in [1.807, 2.05) is 26.0 Å². The van der Waals surface area contributed by atoms with Crippen LogP contribution in [0.15, 0.2) is 41.3 Å². The smallest absolute Gasteiger partial charge is 0.249 e. The van der Waals surface area contributed by atoms with Gasteiger partial charge in [-0.2, -0.15) is 4.31 Å². The van der Waals surface area contributed by atoms with E-state index in [9.17, 15) is 13.2 Å². The molecule has 3 aliphatic heterocycles. The Morgan fingerprint density at radius 3 is 2.53 bits per heavy atom. The summed E-state index contributed by atoms with van der Waals surface area (Å²) in [4.78, 5) is 22.6. The van der Waals surface area contributed by atoms with Crippen LogP contribution in [-0.2, 0) is 19.6 Å². The number of morpholine rings is 1. The molecule has 194 valence electrons. The molecule has 2 aromatic rings. The van der Waals surface area contributed by atoms with Crippen molar-refractivity contribution in [1.82, 2.24) is 14.2 Å². The topological polar surface area (TPSA) is 107 Å². The van der Waals surface area contributed by atoms with Crippen LogP contribution >= 0.6 is 0 Å². The molecule has 2 fully saturated rings. The first-order valence-electron chi connectivity index (χ1n) is 12.4. The van der Waals surface area contributed by atoms with Crippen LogP contribution in [0.5, 0.6) is 0 Å². The minimum atomic E-state index is -3.61. The lowest BCUT2D eigenvalue weighted by Crippen LogP contribution is -2.61. The quantitative estimate of drug-likeness (QED) is 0.627. The Kier molecular flexibility index (Phi) is 6.67. The Hall–Kier alpha value is -2.73. The van der Waals surface area contributed by atoms with E-state index in [1.54, 1.807) is 24.3 Å². The van der Waals surface area contributed by atoms with Crippen molar-refractivity contribution in [3.63, 3.8) is 0 Å². The van der Waals surface area contributed by atoms with Gasteiger partial charge in [0.1, 0.15) is 11.4 Å². The third-order valence-corrected chi connectivity index (χ3v) is 9.17. The van der Waals surface area contributed by atoms with Gasteiger partial charge in [0.25, 0.3) is 0 Å². The minimum absolute atomic E-state index is 0.0440. The molecule has 36 heavy (non-hydrogen) atoms. The van der Waals surface area contributed by atoms with E-state index in [2.05, 4.69) is 27.5 Å². The Bertz CT molecular complexity index is 1240. The number of ether oxygens (including phenoxy) is 1. The standard InChI is InChI=1S/C25H34N6O4S/c1-25(2)24(32)27-21-7-8-22(28-23(21)31(25)19-9-11-29(3)12-10-19)26-18-5-4-6-20(17-18)36(33,34)30-13-15-35-16-14-30/h4-8,17,19H,9-16H2,1-3H3,(H,26,28)(H,27,32). The molecule has 10 nitrogen and oxygen atoms in total. The number of benzene rings is 1. The Labute approximate surface area is 212 Å². The summed E-state index contributed by atoms with van der Waals surface area (Å²) in [5.41, 5.74) is 0.569. The van der Waals surface area contributed by atoms with Gasteiger partial charge in [0.2, 0.25) is 15.9 Å². The molecule has 0 unspecified atom stereocenters. The molecule has 0 saturated carbocycles. The molecule has 2 saturated heterocycles. The molecule has 3 aliphatic rings. The van der Waals surface area contributed by atoms with Crippen LogP contribution in [0.25, 0.3) is 0 Å². The van der Waals surface area contributed by atoms with Crippen molar-refractivity contribution >= 4 is 38.9 Å². The van der Waals surface area contributed by atoms with Gasteiger partial charge in [0, 0.05) is 24.8 Å². The molecule has 1 aromatic heterocycles. The number of likely N-dealkylation sites (tertiary alicyclic amines) is 1. The third-order valence-electron chi connectivity index (χ3n) is 7.28. The number of amides is 1. The number of hydrogen-bond donors (Lipinski definition) is 2. The number of carbonyl (C=O) groups is 1. The van der Waals surface area contributed by atoms with Crippen LogP contribution in [0.1, 0.15) is 26.7 Å². The largest absolute Gasteiger partial charge is 0.379 e. The van der Waals surface area contributed by atoms with E-state index in [1.165, 1.54) is 4.31 Å². The number of anilines is 4. The number of sulfonamides is 1. The number of hydrogen-bond acceptors (Lipinski definition) is 8. The average molecular weight is 515 g/mol. The zero-order valence-electron chi connectivity index (χ0n) is 21.0. The summed E-state index contributed by atoms with van der Waals surface area (Å²) in [6, 6.07) is 10.6. The second-order valence-corrected chi connectivity index (χ2v) is 12.1. The molecule has 1 amide bonds. The first-order chi connectivity index (χ1) is 17.2. The summed E-state index contributed by atoms with van der Waals surface area (Å²) in [6.45, 7) is 7.30. The number of nitrogens with zero attached hydrogens (tertiary/aromatic N) is 4. The number of pyridine rings is 1. The second-order valence-electron chi connectivity index (χ2n) is 10.2. The highest BCUT2D eigenvalue weighted by atomic mass is 32.2. The lowest BCUT2D eigenvalue weighted by Gasteiger charge is -2.49. The fourth-order valence-electron chi connectivity index (χ4n) is 5.15. The number of rotatable bonds is 5. The lowest BCUT2D eigenvalue weighted by atomic mass is 9.92. The van der Waals surface area contributed by atoms with Gasteiger partial charge in [0.05, 0.1) is 23.8 Å². The number of nitrogens with one attached hydrogen (secondary N) is 2. The number of piperidine rings is 1. The lowest BCUT2D eigenvalue weighted by molar-refractivity contribution is -0.120. The Balaban J connectivity index is 1.43. The first-order valence-corrected chi connectivity index (χ1v) is 13.9. The van der Waals surface area contributed by atoms with Crippen LogP contribution in [0.2, 0.25) is 0 Å². The fourth-order valence-corrected chi connectivity index (χ4v) is 6.60. The van der Waals surface area contributed by atoms with E-state index in [0.29, 0.717) is 43.5 Å². The van der Waals surface area contributed by atoms with E-state index in [4.69, 9.17) is 9.72 Å². The van der Waals surface area contributed by atoms with Gasteiger partial charge in [-0.3, -0.25) is 4.79 Å². The highest BCUT2D eigenvalue weighted by Gasteiger charge is 2.45. The van der Waals surface area contributed by atoms with Crippen molar-refractivity contribution in [1.29, 1.82) is 0 Å². The highest BCUT2D eigenvalue weighted by molar-refractivity contribution is 7.89. The molecular weight excluding hydrogens is 480 g/mol. The van der Waals surface area contributed by atoms with Crippen molar-refractivity contribution in [3.8, 4) is 0 Å². The number of carbonyl (C=O) groups excluding carboxylic acids is 1. The van der Waals surface area contributed by atoms with Crippen LogP contribution in [-0.4, -0.2) is 86.5 Å². The predicted octanol–water partition coefficient (Wildman–Crippen LogP) is 2.48. The van der Waals surface area contributed by atoms with Crippen molar-refractivity contribution in [2.24, 2.45) is 0 Å². The van der Waals surface area contributed by atoms with Crippen molar-refractivity contribution in [2.75, 3.05) is 62.0 Å². The number of aromatic nitrogens is 1. The van der Waals surface area contributed by atoms with Crippen LogP contribution in [0.4, 0.5) is 23.0 Å². The maximum Gasteiger partial charge on any atom is 0.249 e. The third kappa shape index (κ3) is 4.68. The molecule has 0 atom stereocenters. The summed E-state index contributed by atoms with van der Waals surface area (Å²) in [7, 11) is -1.49. The zero-order chi connectivity index (χ0) is 25.5. The Morgan fingerprint density at radius 1 is 1.08 bits per heavy atom. The van der Waals surface area contributed by atoms with E-state index in [0.717, 1.165) is 31.7 Å². The molecule has 0 aliphatic carbocycles. The normalized spacial score (nSPS) is 21.6. The molecule has 0 radical (unpaired) electrons. The molecule has 11 heteroatoms. The summed E-state index contributed by atoms with van der Waals surface area (Å²) < 4.78 is 33.0. The number of fused-ring (bicyclic) bond motifs is 1. The summed E-state index contributed by atoms with van der Waals surface area (Å²) in [5, 5.41) is 6.28. The summed E-state index contributed by atoms with van der Waals surface area (Å²) in [6.07, 6.45) is 1.90. The van der Waals surface area contributed by atoms with Crippen molar-refractivity contribution < 1.29 is 17.9 Å². The SMILES string of the molecule is CN1CCC(N2c3nc(Nc4cccc(S(=O)(=O)N5CCOCC5)c4)ccc3NC(=O)C2(C)C)CC1. The average Bonchev–Trinajstić information content (AvgIpc) is 2.87. The van der Waals surface area contributed by atoms with Crippen LogP contribution < -0.4 is 15.5 Å². The van der Waals surface area contributed by atoms with Gasteiger partial charge in [0.15, 0.2) is 5.82 Å². The first kappa shape index (κ1) is 24.9. The minimum Gasteiger partial charge on any atom is -0.379 e. The molecule has 4 heterocycles. The van der Waals surface area contributed by atoms with Gasteiger partial charge in [-0.05, 0) is 77.2 Å². The van der Waals surface area contributed by atoms with E-state index in [-0.39, 0.29) is 16.8 Å². The summed E-state index contributed by atoms with van der Waals surface area (Å²) >= 11 is 0. The molecular formula is C25H34N6O4S. The van der Waals surface area contributed by atoms with Gasteiger partial charge in [-0.25, -0.2) is 13.4 Å². The van der Waals surface area contributed by atoms with Gasteiger partial charge in [-0.15, -0.1) is 0 Å². The molecule has 5 rings (SSSR count). The van der Waals surface area contributed by atoms with Gasteiger partial charge < -0.3 is 25.2 Å². The van der Waals surface area contributed by atoms with Crippen molar-refractivity contribution in [3.05, 3.63) is 36.4 Å².